The fourth-order valence-corrected chi connectivity index (χ4v) is 2.79. The number of amides is 4. The number of benzene rings is 1. The van der Waals surface area contributed by atoms with Gasteiger partial charge in [0.05, 0.1) is 11.4 Å². The predicted molar refractivity (Wildman–Crippen MR) is 123 cm³/mol. The molecular weight excluding hydrogens is 412 g/mol. The quantitative estimate of drug-likeness (QED) is 0.473. The van der Waals surface area contributed by atoms with Crippen molar-refractivity contribution in [3.05, 3.63) is 53.9 Å². The number of rotatable bonds is 9. The molecule has 0 bridgehead atoms. The maximum absolute atomic E-state index is 12.6. The largest absolute Gasteiger partial charge is 0.465 e. The minimum absolute atomic E-state index is 0.0204. The Morgan fingerprint density at radius 3 is 2.19 bits per heavy atom. The fraction of sp³-hybridized carbons (Fsp3) is 0.364. The van der Waals surface area contributed by atoms with Gasteiger partial charge in [-0.1, -0.05) is 18.2 Å². The van der Waals surface area contributed by atoms with E-state index in [0.717, 1.165) is 5.56 Å². The van der Waals surface area contributed by atoms with E-state index in [1.165, 1.54) is 0 Å². The van der Waals surface area contributed by atoms with Gasteiger partial charge < -0.3 is 25.5 Å². The van der Waals surface area contributed by atoms with Gasteiger partial charge in [0.2, 0.25) is 0 Å². The maximum atomic E-state index is 12.6. The number of carbonyl (C=O) groups excluding carboxylic acids is 2. The molecule has 1 aromatic heterocycles. The van der Waals surface area contributed by atoms with Crippen molar-refractivity contribution in [2.45, 2.75) is 26.4 Å². The van der Waals surface area contributed by atoms with E-state index in [9.17, 15) is 14.4 Å². The molecule has 4 N–H and O–H groups in total. The Labute approximate surface area is 187 Å². The summed E-state index contributed by atoms with van der Waals surface area (Å²) in [6, 6.07) is 9.66. The number of carbonyl (C=O) groups is 3. The van der Waals surface area contributed by atoms with Crippen LogP contribution in [0.2, 0.25) is 0 Å². The summed E-state index contributed by atoms with van der Waals surface area (Å²) in [5.41, 5.74) is 1.54. The lowest BCUT2D eigenvalue weighted by Gasteiger charge is -2.25. The number of para-hydroxylation sites is 2. The lowest BCUT2D eigenvalue weighted by molar-refractivity contribution is 0.102. The van der Waals surface area contributed by atoms with Gasteiger partial charge in [-0.05, 0) is 51.7 Å². The summed E-state index contributed by atoms with van der Waals surface area (Å²) in [4.78, 5) is 43.9. The van der Waals surface area contributed by atoms with Crippen LogP contribution in [0.3, 0.4) is 0 Å². The summed E-state index contributed by atoms with van der Waals surface area (Å²) in [5, 5.41) is 16.7. The molecule has 1 aromatic carbocycles. The number of anilines is 2. The van der Waals surface area contributed by atoms with Gasteiger partial charge in [-0.2, -0.15) is 0 Å². The van der Waals surface area contributed by atoms with Gasteiger partial charge in [0.1, 0.15) is 5.69 Å². The Hall–Kier alpha value is -3.66. The Morgan fingerprint density at radius 2 is 1.66 bits per heavy atom. The van der Waals surface area contributed by atoms with Crippen LogP contribution >= 0.6 is 0 Å². The van der Waals surface area contributed by atoms with Crippen molar-refractivity contribution >= 4 is 29.4 Å². The maximum Gasteiger partial charge on any atom is 0.409 e. The number of aromatic nitrogens is 1. The normalized spacial score (nSPS) is 10.7. The van der Waals surface area contributed by atoms with Gasteiger partial charge in [0, 0.05) is 31.9 Å². The van der Waals surface area contributed by atoms with E-state index in [-0.39, 0.29) is 23.5 Å². The van der Waals surface area contributed by atoms with E-state index in [0.29, 0.717) is 25.3 Å². The van der Waals surface area contributed by atoms with Gasteiger partial charge in [-0.15, -0.1) is 0 Å². The van der Waals surface area contributed by atoms with Crippen molar-refractivity contribution in [2.75, 3.05) is 37.8 Å². The molecule has 172 valence electrons. The van der Waals surface area contributed by atoms with Crippen LogP contribution in [-0.2, 0) is 6.54 Å². The fourth-order valence-electron chi connectivity index (χ4n) is 2.79. The summed E-state index contributed by atoms with van der Waals surface area (Å²) < 4.78 is 0. The zero-order valence-corrected chi connectivity index (χ0v) is 18.8. The van der Waals surface area contributed by atoms with Crippen LogP contribution in [0.4, 0.5) is 21.0 Å². The minimum Gasteiger partial charge on any atom is -0.465 e. The number of pyridine rings is 1. The molecule has 0 spiro atoms. The van der Waals surface area contributed by atoms with Crippen molar-refractivity contribution in [2.24, 2.45) is 0 Å². The molecule has 0 aliphatic heterocycles. The highest BCUT2D eigenvalue weighted by Crippen LogP contribution is 2.21. The van der Waals surface area contributed by atoms with Crippen molar-refractivity contribution in [1.82, 2.24) is 20.1 Å². The van der Waals surface area contributed by atoms with Crippen LogP contribution in [0.5, 0.6) is 0 Å². The van der Waals surface area contributed by atoms with Gasteiger partial charge in [0.15, 0.2) is 0 Å². The van der Waals surface area contributed by atoms with Gasteiger partial charge in [-0.3, -0.25) is 15.1 Å². The molecule has 32 heavy (non-hydrogen) atoms. The second kappa shape index (κ2) is 11.7. The molecule has 0 aliphatic rings. The first kappa shape index (κ1) is 24.6. The molecule has 4 amide bonds. The van der Waals surface area contributed by atoms with Gasteiger partial charge in [0.25, 0.3) is 5.91 Å². The number of nitrogens with one attached hydrogen (secondary N) is 3. The lowest BCUT2D eigenvalue weighted by atomic mass is 10.2. The number of carboxylic acid groups (broad SMARTS) is 1. The molecule has 0 fully saturated rings. The lowest BCUT2D eigenvalue weighted by Crippen LogP contribution is -2.45. The molecule has 0 atom stereocenters. The zero-order chi connectivity index (χ0) is 23.7. The minimum atomic E-state index is -1.23. The van der Waals surface area contributed by atoms with E-state index in [2.05, 4.69) is 20.9 Å². The van der Waals surface area contributed by atoms with Crippen LogP contribution in [0.1, 0.15) is 29.9 Å². The highest BCUT2D eigenvalue weighted by atomic mass is 16.4. The highest BCUT2D eigenvalue weighted by Gasteiger charge is 2.16. The third-order valence-electron chi connectivity index (χ3n) is 4.36. The topological polar surface area (TPSA) is 127 Å². The number of nitrogens with zero attached hydrogens (tertiary/aromatic N) is 3. The Balaban J connectivity index is 2.08. The van der Waals surface area contributed by atoms with E-state index < -0.39 is 12.0 Å². The molecule has 2 rings (SSSR count). The second-order valence-electron chi connectivity index (χ2n) is 7.81. The number of hydrogen-bond donors (Lipinski definition) is 4. The Morgan fingerprint density at radius 1 is 1.00 bits per heavy atom. The summed E-state index contributed by atoms with van der Waals surface area (Å²) >= 11 is 0. The number of hydrogen-bond acceptors (Lipinski definition) is 5. The van der Waals surface area contributed by atoms with Crippen LogP contribution < -0.4 is 16.0 Å². The van der Waals surface area contributed by atoms with Gasteiger partial charge in [-0.25, -0.2) is 9.59 Å². The highest BCUT2D eigenvalue weighted by molar-refractivity contribution is 6.05. The van der Waals surface area contributed by atoms with E-state index in [1.54, 1.807) is 47.5 Å². The first-order valence-corrected chi connectivity index (χ1v) is 10.2. The zero-order valence-electron chi connectivity index (χ0n) is 18.8. The molecule has 0 saturated heterocycles. The van der Waals surface area contributed by atoms with Crippen molar-refractivity contribution < 1.29 is 19.5 Å². The monoisotopic (exact) mass is 442 g/mol. The predicted octanol–water partition coefficient (Wildman–Crippen LogP) is 2.91. The average molecular weight is 443 g/mol. The molecule has 10 heteroatoms. The third kappa shape index (κ3) is 7.88. The molecular formula is C22H30N6O4. The molecule has 1 heterocycles. The number of likely N-dealkylation sites (N-methyl/N-ethyl adjacent to an activating group) is 1. The van der Waals surface area contributed by atoms with Crippen molar-refractivity contribution in [1.29, 1.82) is 0 Å². The summed E-state index contributed by atoms with van der Waals surface area (Å²) in [7, 11) is 3.88. The smallest absolute Gasteiger partial charge is 0.409 e. The van der Waals surface area contributed by atoms with Crippen molar-refractivity contribution in [3.63, 3.8) is 0 Å². The number of urea groups is 1. The molecule has 2 aromatic rings. The summed E-state index contributed by atoms with van der Waals surface area (Å²) in [6.07, 6.45) is 0.330. The Bertz CT molecular complexity index is 930. The van der Waals surface area contributed by atoms with E-state index in [4.69, 9.17) is 5.11 Å². The first-order chi connectivity index (χ1) is 15.2. The van der Waals surface area contributed by atoms with Crippen LogP contribution in [0.15, 0.2) is 42.6 Å². The molecule has 10 nitrogen and oxygen atoms in total. The van der Waals surface area contributed by atoms with Gasteiger partial charge >= 0.3 is 12.1 Å². The van der Waals surface area contributed by atoms with Crippen LogP contribution in [-0.4, -0.2) is 71.1 Å². The summed E-state index contributed by atoms with van der Waals surface area (Å²) in [5.74, 6) is -0.474. The molecule has 0 unspecified atom stereocenters. The first-order valence-electron chi connectivity index (χ1n) is 10.2. The third-order valence-corrected chi connectivity index (χ3v) is 4.36. The molecule has 0 aliphatic carbocycles. The van der Waals surface area contributed by atoms with Crippen LogP contribution in [0, 0.1) is 0 Å². The summed E-state index contributed by atoms with van der Waals surface area (Å²) in [6.45, 7) is 5.42. The van der Waals surface area contributed by atoms with Crippen molar-refractivity contribution in [3.8, 4) is 0 Å². The average Bonchev–Trinajstić information content (AvgIpc) is 2.71. The molecule has 0 saturated carbocycles. The Kier molecular flexibility index (Phi) is 8.96. The standard InChI is InChI=1S/C22H30N6O4/c1-15(2)24-21(30)28(12-11-27(3)4)14-16-9-10-19(23-13-16)20(29)25-17-7-5-6-8-18(17)26-22(31)32/h5-10,13,15,26H,11-12,14H2,1-4H3,(H,24,30)(H,25,29)(H,31,32). The van der Waals surface area contributed by atoms with E-state index in [1.807, 2.05) is 32.8 Å². The SMILES string of the molecule is CC(C)NC(=O)N(CCN(C)C)Cc1ccc(C(=O)Nc2ccccc2NC(=O)O)nc1. The second-order valence-corrected chi connectivity index (χ2v) is 7.81. The van der Waals surface area contributed by atoms with E-state index >= 15 is 0 Å². The van der Waals surface area contributed by atoms with Crippen LogP contribution in [0.25, 0.3) is 0 Å². The molecule has 0 radical (unpaired) electrons.